The van der Waals surface area contributed by atoms with Gasteiger partial charge in [-0.3, -0.25) is 0 Å². The molecule has 0 rings (SSSR count). The van der Waals surface area contributed by atoms with Gasteiger partial charge in [0, 0.05) is 13.0 Å². The molecule has 5 heteroatoms. The Labute approximate surface area is 184 Å². The fourth-order valence-electron chi connectivity index (χ4n) is 4.23. The Morgan fingerprint density at radius 2 is 1.10 bits per heavy atom. The maximum atomic E-state index is 12.5. The third-order valence-electron chi connectivity index (χ3n) is 5.98. The number of hydrogen-bond acceptors (Lipinski definition) is 2. The molecule has 0 radical (unpaired) electrons. The van der Waals surface area contributed by atoms with Crippen LogP contribution in [0.4, 0.5) is 13.2 Å². The van der Waals surface area contributed by atoms with Gasteiger partial charge in [-0.15, -0.1) is 0 Å². The summed E-state index contributed by atoms with van der Waals surface area (Å²) in [5.41, 5.74) is 0. The highest BCUT2D eigenvalue weighted by atomic mass is 19.4. The molecule has 1 unspecified atom stereocenters. The zero-order chi connectivity index (χ0) is 23.2. The molecule has 0 heterocycles. The summed E-state index contributed by atoms with van der Waals surface area (Å²) < 4.78 is 48.2. The molecule has 0 saturated carbocycles. The molecule has 0 aliphatic carbocycles. The Bertz CT molecular complexity index is 412. The van der Waals surface area contributed by atoms with Crippen LogP contribution in [0.25, 0.3) is 0 Å². The molecule has 0 fully saturated rings. The van der Waals surface area contributed by atoms with Gasteiger partial charge >= 0.3 is 6.18 Å². The number of ether oxygens (including phenoxy) is 2. The van der Waals surface area contributed by atoms with E-state index in [1.807, 2.05) is 0 Å². The third-order valence-corrected chi connectivity index (χ3v) is 5.98. The van der Waals surface area contributed by atoms with Crippen molar-refractivity contribution >= 4 is 0 Å². The fourth-order valence-corrected chi connectivity index (χ4v) is 4.23. The average Bonchev–Trinajstić information content (AvgIpc) is 2.59. The summed E-state index contributed by atoms with van der Waals surface area (Å²) in [6.45, 7) is 13.9. The second-order valence-corrected chi connectivity index (χ2v) is 10.2. The standard InChI is InChI=1S/C25H49F3O2/c1-8-29-24(7,30-19-25(26,27)28)18-23(6)17-11-16-22(5)15-10-14-21(4)13-9-12-20(2)3/h20-23H,8-19H2,1-7H3/t21-,22-,23-,24?/m1/s1. The molecule has 0 aliphatic heterocycles. The molecule has 0 aromatic rings. The molecule has 30 heavy (non-hydrogen) atoms. The SMILES string of the molecule is CCOC(C)(C[C@H](C)CCC[C@H](C)CCC[C@H](C)CCCC(C)C)OCC(F)(F)F. The molecule has 4 atom stereocenters. The highest BCUT2D eigenvalue weighted by Crippen LogP contribution is 2.29. The summed E-state index contributed by atoms with van der Waals surface area (Å²) in [6.07, 6.45) is 7.36. The van der Waals surface area contributed by atoms with E-state index in [9.17, 15) is 13.2 Å². The van der Waals surface area contributed by atoms with E-state index < -0.39 is 18.6 Å². The lowest BCUT2D eigenvalue weighted by Gasteiger charge is -2.32. The zero-order valence-corrected chi connectivity index (χ0v) is 20.7. The first-order valence-corrected chi connectivity index (χ1v) is 12.2. The second-order valence-electron chi connectivity index (χ2n) is 10.2. The van der Waals surface area contributed by atoms with Gasteiger partial charge < -0.3 is 9.47 Å². The van der Waals surface area contributed by atoms with Crippen molar-refractivity contribution in [2.24, 2.45) is 23.7 Å². The number of rotatable bonds is 18. The normalized spacial score (nSPS) is 17.7. The minimum atomic E-state index is -4.33. The second kappa shape index (κ2) is 15.5. The van der Waals surface area contributed by atoms with Gasteiger partial charge in [0.1, 0.15) is 6.61 Å². The van der Waals surface area contributed by atoms with Crippen molar-refractivity contribution in [1.82, 2.24) is 0 Å². The fraction of sp³-hybridized carbons (Fsp3) is 1.00. The first-order chi connectivity index (χ1) is 13.9. The van der Waals surface area contributed by atoms with Crippen LogP contribution in [-0.4, -0.2) is 25.2 Å². The summed E-state index contributed by atoms with van der Waals surface area (Å²) in [5.74, 6) is 1.44. The average molecular weight is 439 g/mol. The van der Waals surface area contributed by atoms with E-state index in [1.165, 1.54) is 44.9 Å². The molecule has 2 nitrogen and oxygen atoms in total. The Balaban J connectivity index is 4.04. The maximum absolute atomic E-state index is 12.5. The van der Waals surface area contributed by atoms with Crippen LogP contribution in [0.5, 0.6) is 0 Å². The lowest BCUT2D eigenvalue weighted by molar-refractivity contribution is -0.281. The van der Waals surface area contributed by atoms with E-state index >= 15 is 0 Å². The van der Waals surface area contributed by atoms with Gasteiger partial charge in [0.25, 0.3) is 0 Å². The van der Waals surface area contributed by atoms with Gasteiger partial charge in [-0.05, 0) is 37.5 Å². The van der Waals surface area contributed by atoms with E-state index in [4.69, 9.17) is 9.47 Å². The van der Waals surface area contributed by atoms with E-state index in [2.05, 4.69) is 34.6 Å². The van der Waals surface area contributed by atoms with Gasteiger partial charge in [0.2, 0.25) is 0 Å². The molecule has 182 valence electrons. The largest absolute Gasteiger partial charge is 0.411 e. The number of hydrogen-bond donors (Lipinski definition) is 0. The molecule has 0 aromatic heterocycles. The summed E-state index contributed by atoms with van der Waals surface area (Å²) in [7, 11) is 0. The lowest BCUT2D eigenvalue weighted by atomic mass is 9.90. The lowest BCUT2D eigenvalue weighted by Crippen LogP contribution is -2.37. The Kier molecular flexibility index (Phi) is 15.4. The van der Waals surface area contributed by atoms with E-state index in [0.29, 0.717) is 18.9 Å². The van der Waals surface area contributed by atoms with Crippen molar-refractivity contribution in [2.45, 2.75) is 125 Å². The van der Waals surface area contributed by atoms with Crippen LogP contribution in [-0.2, 0) is 9.47 Å². The first kappa shape index (κ1) is 29.7. The number of halogens is 3. The molecule has 0 aliphatic rings. The van der Waals surface area contributed by atoms with E-state index in [-0.39, 0.29) is 5.92 Å². The summed E-state index contributed by atoms with van der Waals surface area (Å²) >= 11 is 0. The van der Waals surface area contributed by atoms with Gasteiger partial charge in [0.15, 0.2) is 5.79 Å². The zero-order valence-electron chi connectivity index (χ0n) is 20.7. The van der Waals surface area contributed by atoms with Crippen molar-refractivity contribution < 1.29 is 22.6 Å². The van der Waals surface area contributed by atoms with Gasteiger partial charge in [-0.2, -0.15) is 13.2 Å². The van der Waals surface area contributed by atoms with E-state index in [0.717, 1.165) is 24.7 Å². The number of alkyl halides is 3. The molecule has 0 bridgehead atoms. The maximum Gasteiger partial charge on any atom is 0.411 e. The molecule has 0 saturated heterocycles. The molecular weight excluding hydrogens is 389 g/mol. The third kappa shape index (κ3) is 17.4. The summed E-state index contributed by atoms with van der Waals surface area (Å²) in [6, 6.07) is 0. The molecule has 0 N–H and O–H groups in total. The molecular formula is C25H49F3O2. The van der Waals surface area contributed by atoms with Crippen molar-refractivity contribution in [1.29, 1.82) is 0 Å². The quantitative estimate of drug-likeness (QED) is 0.199. The van der Waals surface area contributed by atoms with E-state index in [1.54, 1.807) is 13.8 Å². The van der Waals surface area contributed by atoms with Crippen LogP contribution in [0.15, 0.2) is 0 Å². The van der Waals surface area contributed by atoms with Crippen molar-refractivity contribution in [2.75, 3.05) is 13.2 Å². The first-order valence-electron chi connectivity index (χ1n) is 12.2. The van der Waals surface area contributed by atoms with Crippen LogP contribution >= 0.6 is 0 Å². The topological polar surface area (TPSA) is 18.5 Å². The molecule has 0 spiro atoms. The van der Waals surface area contributed by atoms with Crippen LogP contribution in [0.1, 0.15) is 113 Å². The Hall–Kier alpha value is -0.290. The van der Waals surface area contributed by atoms with Crippen LogP contribution < -0.4 is 0 Å². The minimum absolute atomic E-state index is 0.267. The van der Waals surface area contributed by atoms with Crippen molar-refractivity contribution in [3.63, 3.8) is 0 Å². The van der Waals surface area contributed by atoms with Gasteiger partial charge in [0.05, 0.1) is 0 Å². The van der Waals surface area contributed by atoms with Crippen molar-refractivity contribution in [3.8, 4) is 0 Å². The van der Waals surface area contributed by atoms with Crippen LogP contribution in [0, 0.1) is 23.7 Å². The minimum Gasteiger partial charge on any atom is -0.351 e. The van der Waals surface area contributed by atoms with Crippen LogP contribution in [0.2, 0.25) is 0 Å². The molecule has 0 aromatic carbocycles. The van der Waals surface area contributed by atoms with Crippen LogP contribution in [0.3, 0.4) is 0 Å². The predicted octanol–water partition coefficient (Wildman–Crippen LogP) is 8.78. The predicted molar refractivity (Wildman–Crippen MR) is 121 cm³/mol. The highest BCUT2D eigenvalue weighted by molar-refractivity contribution is 4.70. The Morgan fingerprint density at radius 1 is 0.667 bits per heavy atom. The van der Waals surface area contributed by atoms with Gasteiger partial charge in [-0.25, -0.2) is 0 Å². The highest BCUT2D eigenvalue weighted by Gasteiger charge is 2.35. The summed E-state index contributed by atoms with van der Waals surface area (Å²) in [4.78, 5) is 0. The van der Waals surface area contributed by atoms with Gasteiger partial charge in [-0.1, -0.05) is 92.4 Å². The monoisotopic (exact) mass is 438 g/mol. The summed E-state index contributed by atoms with van der Waals surface area (Å²) in [5, 5.41) is 0. The smallest absolute Gasteiger partial charge is 0.351 e. The molecule has 0 amide bonds. The van der Waals surface area contributed by atoms with Crippen molar-refractivity contribution in [3.05, 3.63) is 0 Å². The Morgan fingerprint density at radius 3 is 1.50 bits per heavy atom.